The second-order valence-electron chi connectivity index (χ2n) is 4.61. The summed E-state index contributed by atoms with van der Waals surface area (Å²) in [6.07, 6.45) is 4.70. The van der Waals surface area contributed by atoms with Crippen LogP contribution in [0.1, 0.15) is 25.7 Å². The van der Waals surface area contributed by atoms with Crippen LogP contribution in [0.3, 0.4) is 0 Å². The van der Waals surface area contributed by atoms with E-state index in [1.54, 1.807) is 18.2 Å². The van der Waals surface area contributed by atoms with Crippen LogP contribution in [0, 0.1) is 10.1 Å². The van der Waals surface area contributed by atoms with Crippen molar-refractivity contribution < 1.29 is 4.92 Å². The van der Waals surface area contributed by atoms with Gasteiger partial charge in [0.1, 0.15) is 5.69 Å². The average Bonchev–Trinajstić information content (AvgIpc) is 2.68. The molecule has 1 aliphatic heterocycles. The van der Waals surface area contributed by atoms with Crippen LogP contribution < -0.4 is 5.32 Å². The van der Waals surface area contributed by atoms with Crippen molar-refractivity contribution >= 4 is 28.7 Å². The van der Waals surface area contributed by atoms with Crippen molar-refractivity contribution in [3.05, 3.63) is 34.4 Å². The van der Waals surface area contributed by atoms with Gasteiger partial charge in [-0.1, -0.05) is 25.0 Å². The maximum atomic E-state index is 10.9. The van der Waals surface area contributed by atoms with E-state index in [9.17, 15) is 10.1 Å². The third-order valence-electron chi connectivity index (χ3n) is 3.24. The van der Waals surface area contributed by atoms with Gasteiger partial charge in [0.15, 0.2) is 5.11 Å². The lowest BCUT2D eigenvalue weighted by molar-refractivity contribution is -0.383. The Labute approximate surface area is 117 Å². The Bertz CT molecular complexity index is 471. The van der Waals surface area contributed by atoms with Crippen LogP contribution in [-0.2, 0) is 0 Å². The molecule has 102 valence electrons. The van der Waals surface area contributed by atoms with E-state index in [-0.39, 0.29) is 5.69 Å². The molecular weight excluding hydrogens is 262 g/mol. The summed E-state index contributed by atoms with van der Waals surface area (Å²) < 4.78 is 0. The van der Waals surface area contributed by atoms with Gasteiger partial charge in [0.05, 0.1) is 4.92 Å². The van der Waals surface area contributed by atoms with Crippen LogP contribution in [0.25, 0.3) is 0 Å². The Morgan fingerprint density at radius 1 is 1.21 bits per heavy atom. The summed E-state index contributed by atoms with van der Waals surface area (Å²) in [5, 5.41) is 14.5. The summed E-state index contributed by atoms with van der Waals surface area (Å²) in [6, 6.07) is 6.58. The summed E-state index contributed by atoms with van der Waals surface area (Å²) >= 11 is 5.35. The van der Waals surface area contributed by atoms with E-state index in [0.29, 0.717) is 10.8 Å². The zero-order chi connectivity index (χ0) is 13.7. The maximum Gasteiger partial charge on any atom is 0.292 e. The van der Waals surface area contributed by atoms with E-state index in [0.717, 1.165) is 25.9 Å². The summed E-state index contributed by atoms with van der Waals surface area (Å²) in [5.74, 6) is 0. The predicted octanol–water partition coefficient (Wildman–Crippen LogP) is 3.17. The van der Waals surface area contributed by atoms with Gasteiger partial charge in [-0.05, 0) is 31.1 Å². The SMILES string of the molecule is O=[N+]([O-])c1ccccc1NC(=S)N1CCCCCC1. The lowest BCUT2D eigenvalue weighted by Gasteiger charge is -2.23. The van der Waals surface area contributed by atoms with Gasteiger partial charge in [-0.2, -0.15) is 0 Å². The summed E-state index contributed by atoms with van der Waals surface area (Å²) in [6.45, 7) is 1.85. The second kappa shape index (κ2) is 6.47. The van der Waals surface area contributed by atoms with Gasteiger partial charge in [0.25, 0.3) is 5.69 Å². The zero-order valence-electron chi connectivity index (χ0n) is 10.7. The molecule has 1 fully saturated rings. The number of rotatable bonds is 2. The molecular formula is C13H17N3O2S. The van der Waals surface area contributed by atoms with E-state index in [1.807, 2.05) is 0 Å². The number of benzene rings is 1. The van der Waals surface area contributed by atoms with Crippen molar-refractivity contribution in [2.45, 2.75) is 25.7 Å². The predicted molar refractivity (Wildman–Crippen MR) is 79.4 cm³/mol. The van der Waals surface area contributed by atoms with E-state index in [2.05, 4.69) is 10.2 Å². The smallest absolute Gasteiger partial charge is 0.292 e. The number of hydrogen-bond acceptors (Lipinski definition) is 3. The number of nitrogens with zero attached hydrogens (tertiary/aromatic N) is 2. The number of para-hydroxylation sites is 2. The summed E-state index contributed by atoms with van der Waals surface area (Å²) in [4.78, 5) is 12.6. The van der Waals surface area contributed by atoms with Gasteiger partial charge >= 0.3 is 0 Å². The molecule has 0 atom stereocenters. The van der Waals surface area contributed by atoms with Gasteiger partial charge in [0.2, 0.25) is 0 Å². The zero-order valence-corrected chi connectivity index (χ0v) is 11.5. The quantitative estimate of drug-likeness (QED) is 0.512. The summed E-state index contributed by atoms with van der Waals surface area (Å²) in [7, 11) is 0. The number of thiocarbonyl (C=S) groups is 1. The number of nitro benzene ring substituents is 1. The number of likely N-dealkylation sites (tertiary alicyclic amines) is 1. The number of hydrogen-bond donors (Lipinski definition) is 1. The molecule has 1 saturated heterocycles. The highest BCUT2D eigenvalue weighted by molar-refractivity contribution is 7.80. The molecule has 1 aliphatic rings. The first-order valence-corrected chi connectivity index (χ1v) is 6.88. The maximum absolute atomic E-state index is 10.9. The Morgan fingerprint density at radius 3 is 2.47 bits per heavy atom. The molecule has 0 saturated carbocycles. The van der Waals surface area contributed by atoms with Crippen molar-refractivity contribution in [1.29, 1.82) is 0 Å². The molecule has 2 rings (SSSR count). The van der Waals surface area contributed by atoms with Gasteiger partial charge in [-0.25, -0.2) is 0 Å². The van der Waals surface area contributed by atoms with Crippen LogP contribution >= 0.6 is 12.2 Å². The molecule has 0 spiro atoms. The van der Waals surface area contributed by atoms with Crippen LogP contribution in [0.5, 0.6) is 0 Å². The monoisotopic (exact) mass is 279 g/mol. The van der Waals surface area contributed by atoms with Crippen molar-refractivity contribution in [3.8, 4) is 0 Å². The van der Waals surface area contributed by atoms with E-state index in [4.69, 9.17) is 12.2 Å². The topological polar surface area (TPSA) is 58.4 Å². The van der Waals surface area contributed by atoms with Crippen molar-refractivity contribution in [2.24, 2.45) is 0 Å². The fourth-order valence-electron chi connectivity index (χ4n) is 2.21. The van der Waals surface area contributed by atoms with Gasteiger partial charge in [0, 0.05) is 19.2 Å². The van der Waals surface area contributed by atoms with Crippen molar-refractivity contribution in [2.75, 3.05) is 18.4 Å². The minimum Gasteiger partial charge on any atom is -0.349 e. The molecule has 0 unspecified atom stereocenters. The van der Waals surface area contributed by atoms with E-state index >= 15 is 0 Å². The largest absolute Gasteiger partial charge is 0.349 e. The molecule has 0 radical (unpaired) electrons. The Balaban J connectivity index is 2.07. The minimum absolute atomic E-state index is 0.0553. The third-order valence-corrected chi connectivity index (χ3v) is 3.60. The lowest BCUT2D eigenvalue weighted by Crippen LogP contribution is -2.35. The normalized spacial score (nSPS) is 15.7. The molecule has 1 N–H and O–H groups in total. The molecule has 0 amide bonds. The Morgan fingerprint density at radius 2 is 1.84 bits per heavy atom. The van der Waals surface area contributed by atoms with Gasteiger partial charge < -0.3 is 10.2 Å². The molecule has 6 heteroatoms. The lowest BCUT2D eigenvalue weighted by atomic mass is 10.2. The highest BCUT2D eigenvalue weighted by Crippen LogP contribution is 2.24. The second-order valence-corrected chi connectivity index (χ2v) is 4.99. The van der Waals surface area contributed by atoms with Crippen LogP contribution in [-0.4, -0.2) is 28.0 Å². The first kappa shape index (κ1) is 13.7. The fourth-order valence-corrected chi connectivity index (χ4v) is 2.50. The Kier molecular flexibility index (Phi) is 4.68. The average molecular weight is 279 g/mol. The standard InChI is InChI=1S/C13H17N3O2S/c17-16(18)12-8-4-3-7-11(12)14-13(19)15-9-5-1-2-6-10-15/h3-4,7-8H,1-2,5-6,9-10H2,(H,14,19). The van der Waals surface area contributed by atoms with Crippen molar-refractivity contribution in [1.82, 2.24) is 4.90 Å². The van der Waals surface area contributed by atoms with Gasteiger partial charge in [-0.3, -0.25) is 10.1 Å². The fraction of sp³-hybridized carbons (Fsp3) is 0.462. The van der Waals surface area contributed by atoms with Crippen molar-refractivity contribution in [3.63, 3.8) is 0 Å². The third kappa shape index (κ3) is 3.64. The number of nitrogens with one attached hydrogen (secondary N) is 1. The first-order valence-electron chi connectivity index (χ1n) is 6.48. The van der Waals surface area contributed by atoms with Crippen LogP contribution in [0.2, 0.25) is 0 Å². The minimum atomic E-state index is -0.395. The molecule has 1 aromatic rings. The molecule has 1 heterocycles. The molecule has 5 nitrogen and oxygen atoms in total. The number of anilines is 1. The molecule has 0 aliphatic carbocycles. The molecule has 19 heavy (non-hydrogen) atoms. The Hall–Kier alpha value is -1.69. The van der Waals surface area contributed by atoms with Crippen LogP contribution in [0.4, 0.5) is 11.4 Å². The highest BCUT2D eigenvalue weighted by atomic mass is 32.1. The van der Waals surface area contributed by atoms with Gasteiger partial charge in [-0.15, -0.1) is 0 Å². The van der Waals surface area contributed by atoms with Crippen LogP contribution in [0.15, 0.2) is 24.3 Å². The molecule has 0 bridgehead atoms. The first-order chi connectivity index (χ1) is 9.18. The number of nitro groups is 1. The highest BCUT2D eigenvalue weighted by Gasteiger charge is 2.17. The molecule has 1 aromatic carbocycles. The summed E-state index contributed by atoms with van der Waals surface area (Å²) in [5.41, 5.74) is 0.515. The molecule has 0 aromatic heterocycles. The van der Waals surface area contributed by atoms with E-state index < -0.39 is 4.92 Å². The van der Waals surface area contributed by atoms with E-state index in [1.165, 1.54) is 18.9 Å².